The van der Waals surface area contributed by atoms with Gasteiger partial charge in [-0.05, 0) is 48.9 Å². The number of ether oxygens (including phenoxy) is 2. The van der Waals surface area contributed by atoms with E-state index in [4.69, 9.17) is 14.6 Å². The van der Waals surface area contributed by atoms with Gasteiger partial charge in [-0.25, -0.2) is 4.79 Å². The summed E-state index contributed by atoms with van der Waals surface area (Å²) in [6, 6.07) is 12.2. The summed E-state index contributed by atoms with van der Waals surface area (Å²) in [4.78, 5) is 10.8. The van der Waals surface area contributed by atoms with Crippen molar-refractivity contribution < 1.29 is 19.4 Å². The molecule has 0 bridgehead atoms. The molecule has 0 heterocycles. The van der Waals surface area contributed by atoms with Crippen molar-refractivity contribution in [2.45, 2.75) is 6.92 Å². The number of carboxylic acids is 1. The summed E-state index contributed by atoms with van der Waals surface area (Å²) in [7, 11) is 0. The molecule has 0 aliphatic rings. The maximum atomic E-state index is 10.8. The van der Waals surface area contributed by atoms with Crippen LogP contribution < -0.4 is 9.47 Å². The van der Waals surface area contributed by atoms with E-state index in [1.807, 2.05) is 25.1 Å². The molecule has 1 N–H and O–H groups in total. The second kappa shape index (κ2) is 7.13. The number of rotatable bonds is 6. The van der Waals surface area contributed by atoms with E-state index >= 15 is 0 Å². The Morgan fingerprint density at radius 3 is 2.62 bits per heavy atom. The molecule has 0 amide bonds. The molecule has 0 atom stereocenters. The third-order valence-corrected chi connectivity index (χ3v) is 3.32. The molecule has 0 unspecified atom stereocenters. The lowest BCUT2D eigenvalue weighted by Crippen LogP contribution is -2.10. The summed E-state index contributed by atoms with van der Waals surface area (Å²) in [5.41, 5.74) is 1.24. The summed E-state index contributed by atoms with van der Waals surface area (Å²) in [6.45, 7) is 2.70. The maximum absolute atomic E-state index is 10.8. The Labute approximate surface area is 131 Å². The maximum Gasteiger partial charge on any atom is 0.335 e. The van der Waals surface area contributed by atoms with Crippen molar-refractivity contribution in [3.63, 3.8) is 0 Å². The van der Waals surface area contributed by atoms with Crippen LogP contribution in [0.2, 0.25) is 0 Å². The first kappa shape index (κ1) is 15.4. The first-order valence-corrected chi connectivity index (χ1v) is 7.20. The highest BCUT2D eigenvalue weighted by molar-refractivity contribution is 9.10. The van der Waals surface area contributed by atoms with Crippen LogP contribution in [0.5, 0.6) is 11.5 Å². The fourth-order valence-electron chi connectivity index (χ4n) is 1.80. The minimum absolute atomic E-state index is 0.206. The zero-order valence-electron chi connectivity index (χ0n) is 11.5. The lowest BCUT2D eigenvalue weighted by molar-refractivity contribution is 0.0696. The lowest BCUT2D eigenvalue weighted by Gasteiger charge is -2.10. The molecular weight excluding hydrogens is 336 g/mol. The molecule has 0 radical (unpaired) electrons. The molecule has 0 aliphatic carbocycles. The highest BCUT2D eigenvalue weighted by Crippen LogP contribution is 2.22. The smallest absolute Gasteiger partial charge is 0.335 e. The van der Waals surface area contributed by atoms with Gasteiger partial charge in [0.05, 0.1) is 5.56 Å². The van der Waals surface area contributed by atoms with Gasteiger partial charge < -0.3 is 14.6 Å². The average molecular weight is 351 g/mol. The topological polar surface area (TPSA) is 55.8 Å². The number of hydrogen-bond acceptors (Lipinski definition) is 3. The van der Waals surface area contributed by atoms with Crippen LogP contribution in [-0.4, -0.2) is 24.3 Å². The summed E-state index contributed by atoms with van der Waals surface area (Å²) in [6.07, 6.45) is 0. The molecule has 4 nitrogen and oxygen atoms in total. The number of aryl methyl sites for hydroxylation is 1. The van der Waals surface area contributed by atoms with Crippen LogP contribution in [0.3, 0.4) is 0 Å². The summed E-state index contributed by atoms with van der Waals surface area (Å²) in [5, 5.41) is 8.90. The van der Waals surface area contributed by atoms with Crippen LogP contribution in [-0.2, 0) is 0 Å². The standard InChI is InChI=1S/C16H15BrO4/c1-11-9-13(17)5-6-15(11)21-8-7-20-14-4-2-3-12(10-14)16(18)19/h2-6,9-10H,7-8H2,1H3,(H,18,19). The van der Waals surface area contributed by atoms with Crippen LogP contribution in [0, 0.1) is 6.92 Å². The lowest BCUT2D eigenvalue weighted by atomic mass is 10.2. The van der Waals surface area contributed by atoms with Gasteiger partial charge in [0.25, 0.3) is 0 Å². The van der Waals surface area contributed by atoms with Gasteiger partial charge in [0.15, 0.2) is 0 Å². The fraction of sp³-hybridized carbons (Fsp3) is 0.188. The van der Waals surface area contributed by atoms with Gasteiger partial charge in [-0.3, -0.25) is 0 Å². The quantitative estimate of drug-likeness (QED) is 0.802. The Morgan fingerprint density at radius 1 is 1.14 bits per heavy atom. The van der Waals surface area contributed by atoms with Crippen LogP contribution in [0.25, 0.3) is 0 Å². The van der Waals surface area contributed by atoms with Crippen molar-refractivity contribution in [1.82, 2.24) is 0 Å². The molecule has 0 saturated carbocycles. The SMILES string of the molecule is Cc1cc(Br)ccc1OCCOc1cccc(C(=O)O)c1. The van der Waals surface area contributed by atoms with Crippen LogP contribution >= 0.6 is 15.9 Å². The Hall–Kier alpha value is -2.01. The molecule has 0 fully saturated rings. The van der Waals surface area contributed by atoms with Crippen LogP contribution in [0.1, 0.15) is 15.9 Å². The number of hydrogen-bond donors (Lipinski definition) is 1. The average Bonchev–Trinajstić information content (AvgIpc) is 2.45. The minimum atomic E-state index is -0.970. The second-order valence-corrected chi connectivity index (χ2v) is 5.36. The van der Waals surface area contributed by atoms with Gasteiger partial charge in [-0.2, -0.15) is 0 Å². The molecule has 2 aromatic rings. The van der Waals surface area contributed by atoms with E-state index in [0.29, 0.717) is 19.0 Å². The predicted molar refractivity (Wildman–Crippen MR) is 83.3 cm³/mol. The van der Waals surface area contributed by atoms with E-state index < -0.39 is 5.97 Å². The first-order chi connectivity index (χ1) is 10.1. The normalized spacial score (nSPS) is 10.2. The van der Waals surface area contributed by atoms with Crippen molar-refractivity contribution in [2.75, 3.05) is 13.2 Å². The van der Waals surface area contributed by atoms with Crippen molar-refractivity contribution in [3.8, 4) is 11.5 Å². The van der Waals surface area contributed by atoms with Gasteiger partial charge in [-0.1, -0.05) is 22.0 Å². The highest BCUT2D eigenvalue weighted by Gasteiger charge is 2.04. The van der Waals surface area contributed by atoms with Gasteiger partial charge in [0.2, 0.25) is 0 Å². The third-order valence-electron chi connectivity index (χ3n) is 2.83. The Balaban J connectivity index is 1.84. The van der Waals surface area contributed by atoms with Gasteiger partial charge >= 0.3 is 5.97 Å². The Morgan fingerprint density at radius 2 is 1.90 bits per heavy atom. The molecule has 0 aromatic heterocycles. The van der Waals surface area contributed by atoms with E-state index in [2.05, 4.69) is 15.9 Å². The van der Waals surface area contributed by atoms with E-state index in [0.717, 1.165) is 15.8 Å². The minimum Gasteiger partial charge on any atom is -0.490 e. The van der Waals surface area contributed by atoms with Crippen molar-refractivity contribution in [1.29, 1.82) is 0 Å². The molecular formula is C16H15BrO4. The largest absolute Gasteiger partial charge is 0.490 e. The molecule has 21 heavy (non-hydrogen) atoms. The first-order valence-electron chi connectivity index (χ1n) is 6.41. The molecule has 2 aromatic carbocycles. The molecule has 5 heteroatoms. The second-order valence-electron chi connectivity index (χ2n) is 4.44. The van der Waals surface area contributed by atoms with E-state index in [1.54, 1.807) is 12.1 Å². The van der Waals surface area contributed by atoms with E-state index in [9.17, 15) is 4.79 Å². The summed E-state index contributed by atoms with van der Waals surface area (Å²) >= 11 is 3.40. The zero-order valence-corrected chi connectivity index (χ0v) is 13.1. The Kier molecular flexibility index (Phi) is 5.22. The predicted octanol–water partition coefficient (Wildman–Crippen LogP) is 3.91. The number of carbonyl (C=O) groups is 1. The third kappa shape index (κ3) is 4.49. The molecule has 110 valence electrons. The van der Waals surface area contributed by atoms with Crippen molar-refractivity contribution in [2.24, 2.45) is 0 Å². The monoisotopic (exact) mass is 350 g/mol. The highest BCUT2D eigenvalue weighted by atomic mass is 79.9. The molecule has 0 spiro atoms. The number of halogens is 1. The van der Waals surface area contributed by atoms with E-state index in [-0.39, 0.29) is 5.56 Å². The zero-order chi connectivity index (χ0) is 15.2. The van der Waals surface area contributed by atoms with Gasteiger partial charge in [0.1, 0.15) is 24.7 Å². The number of carboxylic acid groups (broad SMARTS) is 1. The van der Waals surface area contributed by atoms with Crippen LogP contribution in [0.15, 0.2) is 46.9 Å². The van der Waals surface area contributed by atoms with Gasteiger partial charge in [0, 0.05) is 4.47 Å². The summed E-state index contributed by atoms with van der Waals surface area (Å²) < 4.78 is 12.1. The van der Waals surface area contributed by atoms with Gasteiger partial charge in [-0.15, -0.1) is 0 Å². The fourth-order valence-corrected chi connectivity index (χ4v) is 2.28. The van der Waals surface area contributed by atoms with E-state index in [1.165, 1.54) is 12.1 Å². The summed E-state index contributed by atoms with van der Waals surface area (Å²) in [5.74, 6) is 0.356. The Bertz CT molecular complexity index is 640. The molecule has 0 aliphatic heterocycles. The van der Waals surface area contributed by atoms with Crippen molar-refractivity contribution >= 4 is 21.9 Å². The number of aromatic carboxylic acids is 1. The number of benzene rings is 2. The molecule has 2 rings (SSSR count). The molecule has 0 saturated heterocycles. The van der Waals surface area contributed by atoms with Crippen LogP contribution in [0.4, 0.5) is 0 Å². The van der Waals surface area contributed by atoms with Crippen molar-refractivity contribution in [3.05, 3.63) is 58.1 Å².